The second kappa shape index (κ2) is 13.2. The summed E-state index contributed by atoms with van der Waals surface area (Å²) in [6, 6.07) is 0. The van der Waals surface area contributed by atoms with Crippen LogP contribution in [0.3, 0.4) is 0 Å². The second-order valence-corrected chi connectivity index (χ2v) is 7.28. The quantitative estimate of drug-likeness (QED) is 0.187. The SMILES string of the molecule is CN=C(NCCCC(=O)OC1CCCC1)N1CCC(CC(=O)NC)CC1.I. The lowest BCUT2D eigenvalue weighted by Crippen LogP contribution is -2.46. The number of carbonyl (C=O) groups is 2. The number of halogens is 1. The van der Waals surface area contributed by atoms with Crippen molar-refractivity contribution in [1.29, 1.82) is 0 Å². The van der Waals surface area contributed by atoms with E-state index in [0.717, 1.165) is 51.2 Å². The molecule has 0 atom stereocenters. The zero-order chi connectivity index (χ0) is 18.8. The smallest absolute Gasteiger partial charge is 0.306 e. The molecular weight excluding hydrogens is 459 g/mol. The molecule has 0 aromatic carbocycles. The summed E-state index contributed by atoms with van der Waals surface area (Å²) in [5, 5.41) is 6.04. The van der Waals surface area contributed by atoms with E-state index < -0.39 is 0 Å². The van der Waals surface area contributed by atoms with E-state index in [4.69, 9.17) is 4.74 Å². The maximum absolute atomic E-state index is 11.8. The Bertz CT molecular complexity index is 487. The van der Waals surface area contributed by atoms with Gasteiger partial charge in [-0.25, -0.2) is 0 Å². The van der Waals surface area contributed by atoms with E-state index in [0.29, 0.717) is 25.3 Å². The van der Waals surface area contributed by atoms with Crippen LogP contribution in [0.5, 0.6) is 0 Å². The largest absolute Gasteiger partial charge is 0.462 e. The molecule has 0 unspecified atom stereocenters. The van der Waals surface area contributed by atoms with Crippen molar-refractivity contribution in [2.75, 3.05) is 33.7 Å². The van der Waals surface area contributed by atoms with Crippen LogP contribution in [0.15, 0.2) is 4.99 Å². The number of hydrogen-bond acceptors (Lipinski definition) is 4. The van der Waals surface area contributed by atoms with Gasteiger partial charge >= 0.3 is 5.97 Å². The molecule has 2 rings (SSSR count). The van der Waals surface area contributed by atoms with Crippen LogP contribution in [0.25, 0.3) is 0 Å². The number of nitrogens with zero attached hydrogens (tertiary/aromatic N) is 2. The van der Waals surface area contributed by atoms with E-state index in [9.17, 15) is 9.59 Å². The molecule has 2 N–H and O–H groups in total. The van der Waals surface area contributed by atoms with Crippen LogP contribution in [0.1, 0.15) is 57.8 Å². The van der Waals surface area contributed by atoms with Crippen molar-refractivity contribution < 1.29 is 14.3 Å². The number of guanidine groups is 1. The maximum atomic E-state index is 11.8. The van der Waals surface area contributed by atoms with Gasteiger partial charge in [0.1, 0.15) is 6.10 Å². The molecule has 2 aliphatic rings. The zero-order valence-electron chi connectivity index (χ0n) is 16.7. The van der Waals surface area contributed by atoms with E-state index in [-0.39, 0.29) is 42.0 Å². The van der Waals surface area contributed by atoms with Crippen molar-refractivity contribution in [3.63, 3.8) is 0 Å². The lowest BCUT2D eigenvalue weighted by atomic mass is 9.93. The molecule has 0 spiro atoms. The number of ether oxygens (including phenoxy) is 1. The van der Waals surface area contributed by atoms with Crippen molar-refractivity contribution in [3.05, 3.63) is 0 Å². The average Bonchev–Trinajstić information content (AvgIpc) is 3.15. The van der Waals surface area contributed by atoms with Crippen LogP contribution in [-0.2, 0) is 14.3 Å². The number of rotatable bonds is 7. The number of esters is 1. The van der Waals surface area contributed by atoms with Crippen molar-refractivity contribution in [3.8, 4) is 0 Å². The van der Waals surface area contributed by atoms with E-state index in [1.807, 2.05) is 0 Å². The molecule has 1 saturated carbocycles. The van der Waals surface area contributed by atoms with Gasteiger partial charge < -0.3 is 20.3 Å². The van der Waals surface area contributed by atoms with Gasteiger partial charge in [-0.15, -0.1) is 24.0 Å². The number of carbonyl (C=O) groups excluding carboxylic acids is 2. The van der Waals surface area contributed by atoms with Gasteiger partial charge in [0.25, 0.3) is 0 Å². The zero-order valence-corrected chi connectivity index (χ0v) is 19.0. The van der Waals surface area contributed by atoms with Crippen LogP contribution in [0, 0.1) is 5.92 Å². The second-order valence-electron chi connectivity index (χ2n) is 7.28. The number of nitrogens with one attached hydrogen (secondary N) is 2. The summed E-state index contributed by atoms with van der Waals surface area (Å²) in [5.74, 6) is 1.38. The predicted octanol–water partition coefficient (Wildman–Crippen LogP) is 2.29. The molecule has 1 aliphatic heterocycles. The Morgan fingerprint density at radius 2 is 1.81 bits per heavy atom. The Hall–Kier alpha value is -1.06. The van der Waals surface area contributed by atoms with Gasteiger partial charge in [0.05, 0.1) is 0 Å². The Labute approximate surface area is 180 Å². The van der Waals surface area contributed by atoms with Crippen molar-refractivity contribution >= 4 is 41.8 Å². The third-order valence-corrected chi connectivity index (χ3v) is 5.32. The lowest BCUT2D eigenvalue weighted by molar-refractivity contribution is -0.148. The number of amides is 1. The fraction of sp³-hybridized carbons (Fsp3) is 0.842. The fourth-order valence-corrected chi connectivity index (χ4v) is 3.73. The molecule has 0 bridgehead atoms. The standard InChI is InChI=1S/C19H34N4O3.HI/c1-20-17(24)14-15-9-12-23(13-10-15)19(21-2)22-11-5-8-18(25)26-16-6-3-4-7-16;/h15-16H,3-14H2,1-2H3,(H,20,24)(H,21,22);1H. The van der Waals surface area contributed by atoms with Gasteiger partial charge in [-0.3, -0.25) is 14.6 Å². The summed E-state index contributed by atoms with van der Waals surface area (Å²) in [5.41, 5.74) is 0. The van der Waals surface area contributed by atoms with Gasteiger partial charge in [0.15, 0.2) is 5.96 Å². The van der Waals surface area contributed by atoms with Gasteiger partial charge in [-0.05, 0) is 50.9 Å². The maximum Gasteiger partial charge on any atom is 0.306 e. The van der Waals surface area contributed by atoms with Crippen LogP contribution in [0.2, 0.25) is 0 Å². The summed E-state index contributed by atoms with van der Waals surface area (Å²) >= 11 is 0. The van der Waals surface area contributed by atoms with Gasteiger partial charge in [-0.2, -0.15) is 0 Å². The highest BCUT2D eigenvalue weighted by atomic mass is 127. The minimum atomic E-state index is -0.0799. The number of hydrogen-bond donors (Lipinski definition) is 2. The van der Waals surface area contributed by atoms with Crippen molar-refractivity contribution in [2.24, 2.45) is 10.9 Å². The molecular formula is C19H35IN4O3. The molecule has 7 nitrogen and oxygen atoms in total. The first-order valence-corrected chi connectivity index (χ1v) is 9.98. The molecule has 0 aromatic heterocycles. The third-order valence-electron chi connectivity index (χ3n) is 5.32. The molecule has 0 radical (unpaired) electrons. The Morgan fingerprint density at radius 1 is 1.15 bits per heavy atom. The average molecular weight is 494 g/mol. The highest BCUT2D eigenvalue weighted by Gasteiger charge is 2.23. The summed E-state index contributed by atoms with van der Waals surface area (Å²) in [6.07, 6.45) is 8.36. The number of aliphatic imine (C=N–C) groups is 1. The van der Waals surface area contributed by atoms with Crippen molar-refractivity contribution in [1.82, 2.24) is 15.5 Å². The lowest BCUT2D eigenvalue weighted by Gasteiger charge is -2.34. The summed E-state index contributed by atoms with van der Waals surface area (Å²) in [7, 11) is 3.47. The number of likely N-dealkylation sites (tertiary alicyclic amines) is 1. The highest BCUT2D eigenvalue weighted by molar-refractivity contribution is 14.0. The normalized spacial score (nSPS) is 18.7. The van der Waals surface area contributed by atoms with Crippen LogP contribution in [0.4, 0.5) is 0 Å². The van der Waals surface area contributed by atoms with Gasteiger partial charge in [-0.1, -0.05) is 0 Å². The molecule has 0 aromatic rings. The summed E-state index contributed by atoms with van der Waals surface area (Å²) in [6.45, 7) is 2.53. The first-order valence-electron chi connectivity index (χ1n) is 9.98. The summed E-state index contributed by atoms with van der Waals surface area (Å²) in [4.78, 5) is 29.9. The predicted molar refractivity (Wildman–Crippen MR) is 117 cm³/mol. The van der Waals surface area contributed by atoms with Crippen LogP contribution >= 0.6 is 24.0 Å². The van der Waals surface area contributed by atoms with E-state index >= 15 is 0 Å². The van der Waals surface area contributed by atoms with Gasteiger partial charge in [0, 0.05) is 46.6 Å². The molecule has 156 valence electrons. The van der Waals surface area contributed by atoms with E-state index in [1.165, 1.54) is 12.8 Å². The van der Waals surface area contributed by atoms with E-state index in [1.54, 1.807) is 14.1 Å². The Morgan fingerprint density at radius 3 is 2.41 bits per heavy atom. The van der Waals surface area contributed by atoms with E-state index in [2.05, 4.69) is 20.5 Å². The molecule has 1 aliphatic carbocycles. The third kappa shape index (κ3) is 8.66. The molecule has 27 heavy (non-hydrogen) atoms. The first-order chi connectivity index (χ1) is 12.6. The van der Waals surface area contributed by atoms with Crippen molar-refractivity contribution in [2.45, 2.75) is 63.9 Å². The van der Waals surface area contributed by atoms with Crippen LogP contribution < -0.4 is 10.6 Å². The molecule has 8 heteroatoms. The Balaban J connectivity index is 0.00000364. The Kier molecular flexibility index (Phi) is 11.7. The monoisotopic (exact) mass is 494 g/mol. The van der Waals surface area contributed by atoms with Gasteiger partial charge in [0.2, 0.25) is 5.91 Å². The topological polar surface area (TPSA) is 83.0 Å². The molecule has 1 saturated heterocycles. The first kappa shape index (κ1) is 24.0. The molecule has 1 amide bonds. The minimum Gasteiger partial charge on any atom is -0.462 e. The molecule has 1 heterocycles. The summed E-state index contributed by atoms with van der Waals surface area (Å²) < 4.78 is 5.47. The number of piperidine rings is 1. The fourth-order valence-electron chi connectivity index (χ4n) is 3.73. The molecule has 2 fully saturated rings. The highest BCUT2D eigenvalue weighted by Crippen LogP contribution is 2.22. The van der Waals surface area contributed by atoms with Crippen LogP contribution in [-0.4, -0.2) is 62.6 Å². The minimum absolute atomic E-state index is 0.